The largest absolute Gasteiger partial charge is 0.0622 e. The fraction of sp³-hybridized carbons (Fsp3) is 0.333. The fourth-order valence-electron chi connectivity index (χ4n) is 2.86. The van der Waals surface area contributed by atoms with Crippen molar-refractivity contribution in [2.24, 2.45) is 5.92 Å². The molecule has 1 unspecified atom stereocenters. The van der Waals surface area contributed by atoms with Crippen molar-refractivity contribution in [3.05, 3.63) is 83.4 Å². The first-order valence-corrected chi connectivity index (χ1v) is 9.06. The highest BCUT2D eigenvalue weighted by Crippen LogP contribution is 2.23. The van der Waals surface area contributed by atoms with E-state index in [2.05, 4.69) is 101 Å². The van der Waals surface area contributed by atoms with E-state index in [4.69, 9.17) is 0 Å². The lowest BCUT2D eigenvalue weighted by atomic mass is 9.90. The van der Waals surface area contributed by atoms with Gasteiger partial charge in [-0.2, -0.15) is 0 Å². The average Bonchev–Trinajstić information content (AvgIpc) is 2.61. The van der Waals surface area contributed by atoms with E-state index >= 15 is 0 Å². The van der Waals surface area contributed by atoms with E-state index < -0.39 is 0 Å². The molecule has 126 valence electrons. The number of aryl methyl sites for hydroxylation is 2. The zero-order chi connectivity index (χ0) is 17.5. The smallest absolute Gasteiger partial charge is 0.0152 e. The molecule has 1 atom stereocenters. The van der Waals surface area contributed by atoms with Gasteiger partial charge >= 0.3 is 0 Å². The van der Waals surface area contributed by atoms with Gasteiger partial charge in [-0.25, -0.2) is 0 Å². The maximum atomic E-state index is 2.29. The van der Waals surface area contributed by atoms with Gasteiger partial charge in [0, 0.05) is 0 Å². The molecule has 0 amide bonds. The summed E-state index contributed by atoms with van der Waals surface area (Å²) in [5, 5.41) is 2.74. The summed E-state index contributed by atoms with van der Waals surface area (Å²) >= 11 is 0. The third-order valence-electron chi connectivity index (χ3n) is 4.86. The molecule has 0 aliphatic rings. The minimum atomic E-state index is 0.672. The summed E-state index contributed by atoms with van der Waals surface area (Å²) in [5.74, 6) is 1.40. The van der Waals surface area contributed by atoms with E-state index in [9.17, 15) is 0 Å². The zero-order valence-electron chi connectivity index (χ0n) is 15.7. The van der Waals surface area contributed by atoms with Crippen molar-refractivity contribution in [3.8, 4) is 0 Å². The van der Waals surface area contributed by atoms with Gasteiger partial charge in [-0.15, -0.1) is 0 Å². The van der Waals surface area contributed by atoms with E-state index in [1.807, 2.05) is 0 Å². The van der Waals surface area contributed by atoms with Crippen LogP contribution in [0.25, 0.3) is 10.8 Å². The van der Waals surface area contributed by atoms with Gasteiger partial charge in [0.1, 0.15) is 0 Å². The van der Waals surface area contributed by atoms with Crippen LogP contribution in [0.5, 0.6) is 0 Å². The zero-order valence-corrected chi connectivity index (χ0v) is 15.7. The first-order chi connectivity index (χ1) is 11.5. The highest BCUT2D eigenvalue weighted by Gasteiger charge is 2.08. The summed E-state index contributed by atoms with van der Waals surface area (Å²) in [4.78, 5) is 0. The van der Waals surface area contributed by atoms with Gasteiger partial charge in [0.15, 0.2) is 0 Å². The van der Waals surface area contributed by atoms with Crippen LogP contribution in [0.15, 0.2) is 66.7 Å². The van der Waals surface area contributed by atoms with E-state index in [1.54, 1.807) is 0 Å². The maximum Gasteiger partial charge on any atom is -0.0152 e. The molecule has 0 radical (unpaired) electrons. The summed E-state index contributed by atoms with van der Waals surface area (Å²) < 4.78 is 0. The van der Waals surface area contributed by atoms with Crippen LogP contribution >= 0.6 is 0 Å². The molecule has 0 aliphatic carbocycles. The standard InChI is InChI=1S/C12H12.C12H18/c1-2-10-7-5-8-11-6-3-4-9-12(10)11;1-9(2)11(4)12-7-5-10(3)6-8-12/h3-9H,2H2,1H3;5-9,11H,1-4H3. The summed E-state index contributed by atoms with van der Waals surface area (Å²) in [5.41, 5.74) is 4.23. The third kappa shape index (κ3) is 4.71. The first kappa shape index (κ1) is 18.3. The van der Waals surface area contributed by atoms with Crippen molar-refractivity contribution in [1.29, 1.82) is 0 Å². The molecular weight excluding hydrogens is 288 g/mol. The highest BCUT2D eigenvalue weighted by molar-refractivity contribution is 5.85. The average molecular weight is 319 g/mol. The predicted molar refractivity (Wildman–Crippen MR) is 108 cm³/mol. The number of benzene rings is 3. The van der Waals surface area contributed by atoms with Crippen LogP contribution in [-0.2, 0) is 6.42 Å². The van der Waals surface area contributed by atoms with E-state index in [0.29, 0.717) is 5.92 Å². The molecule has 0 spiro atoms. The summed E-state index contributed by atoms with van der Waals surface area (Å²) in [7, 11) is 0. The Bertz CT molecular complexity index is 745. The Morgan fingerprint density at radius 2 is 1.38 bits per heavy atom. The second kappa shape index (κ2) is 8.68. The van der Waals surface area contributed by atoms with E-state index in [1.165, 1.54) is 27.5 Å². The Morgan fingerprint density at radius 3 is 2.00 bits per heavy atom. The molecule has 3 rings (SSSR count). The monoisotopic (exact) mass is 318 g/mol. The van der Waals surface area contributed by atoms with Gasteiger partial charge in [0.2, 0.25) is 0 Å². The molecule has 0 fully saturated rings. The second-order valence-corrected chi connectivity index (χ2v) is 6.94. The Balaban J connectivity index is 0.000000174. The first-order valence-electron chi connectivity index (χ1n) is 9.06. The highest BCUT2D eigenvalue weighted by atomic mass is 14.1. The number of hydrogen-bond donors (Lipinski definition) is 0. The quantitative estimate of drug-likeness (QED) is 0.480. The van der Waals surface area contributed by atoms with E-state index in [-0.39, 0.29) is 0 Å². The van der Waals surface area contributed by atoms with Gasteiger partial charge in [-0.3, -0.25) is 0 Å². The summed E-state index contributed by atoms with van der Waals surface area (Å²) in [6.07, 6.45) is 1.11. The number of rotatable bonds is 3. The fourth-order valence-corrected chi connectivity index (χ4v) is 2.86. The Hall–Kier alpha value is -2.08. The van der Waals surface area contributed by atoms with E-state index in [0.717, 1.165) is 12.3 Å². The SMILES string of the molecule is CCc1cccc2ccccc12.Cc1ccc(C(C)C(C)C)cc1. The molecule has 24 heavy (non-hydrogen) atoms. The molecule has 0 heterocycles. The topological polar surface area (TPSA) is 0 Å². The molecule has 0 heteroatoms. The van der Waals surface area contributed by atoms with Gasteiger partial charge in [0.05, 0.1) is 0 Å². The predicted octanol–water partition coefficient (Wildman–Crippen LogP) is 7.16. The summed E-state index contributed by atoms with van der Waals surface area (Å²) in [6.45, 7) is 11.1. The molecule has 3 aromatic carbocycles. The molecular formula is C24H30. The van der Waals surface area contributed by atoms with Gasteiger partial charge < -0.3 is 0 Å². The summed E-state index contributed by atoms with van der Waals surface area (Å²) in [6, 6.07) is 23.9. The molecule has 0 N–H and O–H groups in total. The van der Waals surface area contributed by atoms with Crippen molar-refractivity contribution in [2.75, 3.05) is 0 Å². The third-order valence-corrected chi connectivity index (χ3v) is 4.86. The molecule has 0 bridgehead atoms. The van der Waals surface area contributed by atoms with Crippen molar-refractivity contribution >= 4 is 10.8 Å². The van der Waals surface area contributed by atoms with Crippen molar-refractivity contribution in [1.82, 2.24) is 0 Å². The molecule has 0 nitrogen and oxygen atoms in total. The van der Waals surface area contributed by atoms with Crippen LogP contribution in [0.3, 0.4) is 0 Å². The normalized spacial score (nSPS) is 11.9. The van der Waals surface area contributed by atoms with Crippen LogP contribution < -0.4 is 0 Å². The van der Waals surface area contributed by atoms with Crippen LogP contribution in [0, 0.1) is 12.8 Å². The van der Waals surface area contributed by atoms with Gasteiger partial charge in [-0.1, -0.05) is 100.0 Å². The van der Waals surface area contributed by atoms with Crippen LogP contribution in [0.1, 0.15) is 50.3 Å². The molecule has 3 aromatic rings. The second-order valence-electron chi connectivity index (χ2n) is 6.94. The molecule has 0 aliphatic heterocycles. The molecule has 0 saturated carbocycles. The lowest BCUT2D eigenvalue weighted by Gasteiger charge is -2.15. The molecule has 0 aromatic heterocycles. The Labute approximate surface area is 147 Å². The van der Waals surface area contributed by atoms with Gasteiger partial charge in [-0.05, 0) is 47.1 Å². The number of fused-ring (bicyclic) bond motifs is 1. The van der Waals surface area contributed by atoms with Crippen LogP contribution in [0.2, 0.25) is 0 Å². The van der Waals surface area contributed by atoms with Crippen molar-refractivity contribution < 1.29 is 0 Å². The van der Waals surface area contributed by atoms with Crippen molar-refractivity contribution in [2.45, 2.75) is 47.0 Å². The minimum absolute atomic E-state index is 0.672. The Morgan fingerprint density at radius 1 is 0.750 bits per heavy atom. The van der Waals surface area contributed by atoms with Crippen molar-refractivity contribution in [3.63, 3.8) is 0 Å². The molecule has 0 saturated heterocycles. The number of hydrogen-bond acceptors (Lipinski definition) is 0. The maximum absolute atomic E-state index is 2.29. The van der Waals surface area contributed by atoms with Gasteiger partial charge in [0.25, 0.3) is 0 Å². The van der Waals surface area contributed by atoms with Crippen LogP contribution in [-0.4, -0.2) is 0 Å². The lowest BCUT2D eigenvalue weighted by molar-refractivity contribution is 0.535. The minimum Gasteiger partial charge on any atom is -0.0622 e. The van der Waals surface area contributed by atoms with Crippen LogP contribution in [0.4, 0.5) is 0 Å². The lowest BCUT2D eigenvalue weighted by Crippen LogP contribution is -2.01. The Kier molecular flexibility index (Phi) is 6.61.